The van der Waals surface area contributed by atoms with E-state index in [0.717, 1.165) is 11.1 Å². The van der Waals surface area contributed by atoms with Gasteiger partial charge in [-0.25, -0.2) is 4.39 Å². The van der Waals surface area contributed by atoms with Gasteiger partial charge in [-0.15, -0.1) is 0 Å². The molecule has 0 heterocycles. The Bertz CT molecular complexity index is 506. The molecule has 0 aliphatic carbocycles. The second-order valence-corrected chi connectivity index (χ2v) is 3.72. The third kappa shape index (κ3) is 2.91. The van der Waals surface area contributed by atoms with Gasteiger partial charge in [-0.1, -0.05) is 47.6 Å². The van der Waals surface area contributed by atoms with Crippen LogP contribution in [0.1, 0.15) is 11.1 Å². The number of nitrogens with zero attached hydrogens (tertiary/aromatic N) is 1. The lowest BCUT2D eigenvalue weighted by Gasteiger charge is -2.04. The Morgan fingerprint density at radius 1 is 1.00 bits per heavy atom. The largest absolute Gasteiger partial charge is 0.411 e. The molecule has 2 nitrogen and oxygen atoms in total. The second kappa shape index (κ2) is 5.25. The first kappa shape index (κ1) is 11.3. The molecule has 2 aromatic carbocycles. The highest BCUT2D eigenvalue weighted by molar-refractivity contribution is 6.01. The van der Waals surface area contributed by atoms with E-state index in [1.54, 1.807) is 12.1 Å². The Morgan fingerprint density at radius 2 is 1.65 bits per heavy atom. The van der Waals surface area contributed by atoms with Crippen molar-refractivity contribution in [2.45, 2.75) is 6.42 Å². The number of halogens is 1. The quantitative estimate of drug-likeness (QED) is 0.489. The molecular weight excluding hydrogens is 217 g/mol. The molecule has 0 fully saturated rings. The molecule has 2 aromatic rings. The van der Waals surface area contributed by atoms with Crippen LogP contribution in [0.15, 0.2) is 59.8 Å². The van der Waals surface area contributed by atoms with Crippen molar-refractivity contribution in [3.63, 3.8) is 0 Å². The first-order valence-corrected chi connectivity index (χ1v) is 5.30. The molecule has 0 aliphatic heterocycles. The van der Waals surface area contributed by atoms with E-state index in [4.69, 9.17) is 5.21 Å². The minimum absolute atomic E-state index is 0.268. The predicted octanol–water partition coefficient (Wildman–Crippen LogP) is 3.25. The van der Waals surface area contributed by atoms with Crippen molar-refractivity contribution >= 4 is 5.71 Å². The first-order valence-electron chi connectivity index (χ1n) is 5.30. The number of rotatable bonds is 3. The third-order valence-electron chi connectivity index (χ3n) is 2.51. The molecule has 1 N–H and O–H groups in total. The van der Waals surface area contributed by atoms with Gasteiger partial charge in [0.25, 0.3) is 0 Å². The van der Waals surface area contributed by atoms with Crippen LogP contribution in [0.5, 0.6) is 0 Å². The third-order valence-corrected chi connectivity index (χ3v) is 2.51. The highest BCUT2D eigenvalue weighted by atomic mass is 19.1. The highest BCUT2D eigenvalue weighted by Crippen LogP contribution is 2.09. The van der Waals surface area contributed by atoms with Crippen molar-refractivity contribution in [3.05, 3.63) is 71.5 Å². The summed E-state index contributed by atoms with van der Waals surface area (Å²) >= 11 is 0. The van der Waals surface area contributed by atoms with Crippen LogP contribution in [-0.4, -0.2) is 10.9 Å². The fraction of sp³-hybridized carbons (Fsp3) is 0.0714. The summed E-state index contributed by atoms with van der Waals surface area (Å²) in [6.45, 7) is 0. The summed E-state index contributed by atoms with van der Waals surface area (Å²) in [4.78, 5) is 0. The van der Waals surface area contributed by atoms with Crippen LogP contribution in [-0.2, 0) is 6.42 Å². The molecule has 3 heteroatoms. The Hall–Kier alpha value is -2.16. The van der Waals surface area contributed by atoms with Gasteiger partial charge in [0.1, 0.15) is 5.82 Å². The molecule has 0 bridgehead atoms. The minimum atomic E-state index is -0.268. The van der Waals surface area contributed by atoms with E-state index < -0.39 is 0 Å². The van der Waals surface area contributed by atoms with Crippen LogP contribution in [0.2, 0.25) is 0 Å². The van der Waals surface area contributed by atoms with Crippen molar-refractivity contribution in [2.75, 3.05) is 0 Å². The van der Waals surface area contributed by atoms with Crippen molar-refractivity contribution in [1.82, 2.24) is 0 Å². The lowest BCUT2D eigenvalue weighted by Crippen LogP contribution is -2.05. The molecule has 0 spiro atoms. The van der Waals surface area contributed by atoms with Gasteiger partial charge in [0, 0.05) is 6.42 Å². The summed E-state index contributed by atoms with van der Waals surface area (Å²) in [7, 11) is 0. The maximum absolute atomic E-state index is 12.7. The standard InChI is InChI=1S/C14H12FNO/c15-13-8-6-11(7-9-13)10-14(16-17)12-4-2-1-3-5-12/h1-9,17H,10H2/b16-14+. The van der Waals surface area contributed by atoms with Crippen LogP contribution < -0.4 is 0 Å². The summed E-state index contributed by atoms with van der Waals surface area (Å²) < 4.78 is 12.7. The summed E-state index contributed by atoms with van der Waals surface area (Å²) in [5.74, 6) is -0.268. The van der Waals surface area contributed by atoms with E-state index in [0.29, 0.717) is 12.1 Å². The van der Waals surface area contributed by atoms with E-state index in [1.807, 2.05) is 30.3 Å². The molecule has 17 heavy (non-hydrogen) atoms. The normalized spacial score (nSPS) is 11.5. The van der Waals surface area contributed by atoms with Crippen LogP contribution in [0.3, 0.4) is 0 Å². The molecule has 2 rings (SSSR count). The van der Waals surface area contributed by atoms with E-state index in [2.05, 4.69) is 5.16 Å². The average Bonchev–Trinajstić information content (AvgIpc) is 2.39. The molecule has 0 atom stereocenters. The molecule has 0 unspecified atom stereocenters. The molecule has 86 valence electrons. The fourth-order valence-corrected chi connectivity index (χ4v) is 1.62. The van der Waals surface area contributed by atoms with Crippen LogP contribution in [0.25, 0.3) is 0 Å². The molecule has 0 saturated heterocycles. The van der Waals surface area contributed by atoms with Crippen molar-refractivity contribution in [2.24, 2.45) is 5.16 Å². The number of hydrogen-bond donors (Lipinski definition) is 1. The lowest BCUT2D eigenvalue weighted by molar-refractivity contribution is 0.318. The highest BCUT2D eigenvalue weighted by Gasteiger charge is 2.05. The summed E-state index contributed by atoms with van der Waals surface area (Å²) in [6, 6.07) is 15.6. The van der Waals surface area contributed by atoms with Crippen molar-refractivity contribution in [1.29, 1.82) is 0 Å². The first-order chi connectivity index (χ1) is 8.29. The molecule has 0 radical (unpaired) electrons. The van der Waals surface area contributed by atoms with Crippen molar-refractivity contribution < 1.29 is 9.60 Å². The Kier molecular flexibility index (Phi) is 3.50. The number of hydrogen-bond acceptors (Lipinski definition) is 2. The zero-order valence-electron chi connectivity index (χ0n) is 9.18. The number of oxime groups is 1. The van der Waals surface area contributed by atoms with Gasteiger partial charge < -0.3 is 5.21 Å². The van der Waals surface area contributed by atoms with E-state index >= 15 is 0 Å². The van der Waals surface area contributed by atoms with Gasteiger partial charge in [-0.05, 0) is 23.3 Å². The zero-order valence-corrected chi connectivity index (χ0v) is 9.18. The molecular formula is C14H12FNO. The maximum atomic E-state index is 12.7. The van der Waals surface area contributed by atoms with E-state index in [-0.39, 0.29) is 5.82 Å². The Morgan fingerprint density at radius 3 is 2.24 bits per heavy atom. The molecule has 0 saturated carbocycles. The molecule has 0 aliphatic rings. The van der Waals surface area contributed by atoms with Crippen LogP contribution in [0.4, 0.5) is 4.39 Å². The SMILES string of the molecule is O/N=C(\Cc1ccc(F)cc1)c1ccccc1. The average molecular weight is 229 g/mol. The van der Waals surface area contributed by atoms with Crippen LogP contribution in [0, 0.1) is 5.82 Å². The van der Waals surface area contributed by atoms with Crippen molar-refractivity contribution in [3.8, 4) is 0 Å². The number of benzene rings is 2. The van der Waals surface area contributed by atoms with E-state index in [1.165, 1.54) is 12.1 Å². The monoisotopic (exact) mass is 229 g/mol. The van der Waals surface area contributed by atoms with Crippen LogP contribution >= 0.6 is 0 Å². The molecule has 0 aromatic heterocycles. The smallest absolute Gasteiger partial charge is 0.123 e. The van der Waals surface area contributed by atoms with E-state index in [9.17, 15) is 4.39 Å². The lowest BCUT2D eigenvalue weighted by atomic mass is 10.0. The second-order valence-electron chi connectivity index (χ2n) is 3.72. The topological polar surface area (TPSA) is 32.6 Å². The van der Waals surface area contributed by atoms with Gasteiger partial charge >= 0.3 is 0 Å². The minimum Gasteiger partial charge on any atom is -0.411 e. The van der Waals surface area contributed by atoms with Gasteiger partial charge in [0.05, 0.1) is 5.71 Å². The van der Waals surface area contributed by atoms with Gasteiger partial charge in [0.15, 0.2) is 0 Å². The maximum Gasteiger partial charge on any atom is 0.123 e. The van der Waals surface area contributed by atoms with Gasteiger partial charge in [-0.2, -0.15) is 0 Å². The predicted molar refractivity (Wildman–Crippen MR) is 64.9 cm³/mol. The molecule has 0 amide bonds. The Balaban J connectivity index is 2.19. The summed E-state index contributed by atoms with van der Waals surface area (Å²) in [6.07, 6.45) is 0.473. The van der Waals surface area contributed by atoms with Gasteiger partial charge in [-0.3, -0.25) is 0 Å². The summed E-state index contributed by atoms with van der Waals surface area (Å²) in [5.41, 5.74) is 2.33. The van der Waals surface area contributed by atoms with Gasteiger partial charge in [0.2, 0.25) is 0 Å². The fourth-order valence-electron chi connectivity index (χ4n) is 1.62. The summed E-state index contributed by atoms with van der Waals surface area (Å²) in [5, 5.41) is 12.3. The zero-order chi connectivity index (χ0) is 12.1. The Labute approximate surface area is 99.0 Å².